The third-order valence-corrected chi connectivity index (χ3v) is 4.81. The predicted octanol–water partition coefficient (Wildman–Crippen LogP) is 0.179. The molecule has 0 aromatic heterocycles. The molecule has 2 heterocycles. The zero-order valence-electron chi connectivity index (χ0n) is 11.4. The number of rotatable bonds is 0. The van der Waals surface area contributed by atoms with Gasteiger partial charge in [-0.25, -0.2) is 14.5 Å². The van der Waals surface area contributed by atoms with Crippen LogP contribution in [-0.2, 0) is 0 Å². The van der Waals surface area contributed by atoms with Crippen molar-refractivity contribution in [2.24, 2.45) is 0 Å². The van der Waals surface area contributed by atoms with Crippen LogP contribution < -0.4 is 0 Å². The zero-order valence-corrected chi connectivity index (χ0v) is 13.0. The Bertz CT molecular complexity index is 486. The van der Waals surface area contributed by atoms with Gasteiger partial charge in [0.2, 0.25) is 0 Å². The molecule has 1 spiro atoms. The maximum atomic E-state index is 12.2. The van der Waals surface area contributed by atoms with Crippen molar-refractivity contribution in [2.75, 3.05) is 35.2 Å². The molecule has 0 unspecified atom stereocenters. The minimum absolute atomic E-state index is 0.403. The number of likely N-dealkylation sites (N-methyl/N-ethyl adjacent to an activating group) is 4. The molecular formula is C10H15N5O2S2. The van der Waals surface area contributed by atoms with Crippen LogP contribution in [0.5, 0.6) is 0 Å². The van der Waals surface area contributed by atoms with Gasteiger partial charge in [-0.2, -0.15) is 0 Å². The van der Waals surface area contributed by atoms with Crippen LogP contribution in [0.3, 0.4) is 0 Å². The average molecular weight is 301 g/mol. The first-order valence-corrected chi connectivity index (χ1v) is 6.36. The molecule has 0 aliphatic carbocycles. The van der Waals surface area contributed by atoms with E-state index >= 15 is 0 Å². The fraction of sp³-hybridized carbons (Fsp3) is 0.600. The maximum Gasteiger partial charge on any atom is 0.331 e. The smallest absolute Gasteiger partial charge is 0.311 e. The van der Waals surface area contributed by atoms with Crippen molar-refractivity contribution in [1.82, 2.24) is 24.5 Å². The van der Waals surface area contributed by atoms with E-state index in [-0.39, 0.29) is 0 Å². The Morgan fingerprint density at radius 3 is 1.53 bits per heavy atom. The van der Waals surface area contributed by atoms with Gasteiger partial charge in [0, 0.05) is 35.2 Å². The topological polar surface area (TPSA) is 50.3 Å². The minimum atomic E-state index is -1.15. The van der Waals surface area contributed by atoms with Crippen molar-refractivity contribution in [3.8, 4) is 0 Å². The Labute approximate surface area is 122 Å². The molecule has 0 saturated carbocycles. The molecule has 104 valence electrons. The highest BCUT2D eigenvalue weighted by Crippen LogP contribution is 2.36. The van der Waals surface area contributed by atoms with E-state index in [4.69, 9.17) is 24.4 Å². The summed E-state index contributed by atoms with van der Waals surface area (Å²) < 4.78 is 0. The molecule has 4 amide bonds. The van der Waals surface area contributed by atoms with Gasteiger partial charge in [0.15, 0.2) is 10.1 Å². The molecule has 0 radical (unpaired) electrons. The van der Waals surface area contributed by atoms with Gasteiger partial charge in [-0.05, 0) is 12.2 Å². The van der Waals surface area contributed by atoms with Crippen LogP contribution in [0.1, 0.15) is 0 Å². The molecule has 0 bridgehead atoms. The molecule has 2 aliphatic heterocycles. The number of imide groups is 1. The third-order valence-electron chi connectivity index (χ3n) is 3.72. The summed E-state index contributed by atoms with van der Waals surface area (Å²) >= 11 is 10.7. The Morgan fingerprint density at radius 1 is 0.789 bits per heavy atom. The number of hydrogen-bond donors (Lipinski definition) is 0. The monoisotopic (exact) mass is 301 g/mol. The molecule has 2 fully saturated rings. The first kappa shape index (κ1) is 13.9. The average Bonchev–Trinajstić information content (AvgIpc) is 2.56. The Kier molecular flexibility index (Phi) is 2.94. The maximum absolute atomic E-state index is 12.2. The first-order chi connectivity index (χ1) is 8.68. The predicted molar refractivity (Wildman–Crippen MR) is 77.5 cm³/mol. The summed E-state index contributed by atoms with van der Waals surface area (Å²) in [6, 6.07) is -0.842. The molecule has 0 aromatic rings. The standard InChI is InChI=1S/C10H15N5O2S2/c1-11-6(18)10(15(5)9(11)19)13(3)7(16)12(2)8(17)14(10)4/h1-5H3. The number of carbonyl (C=O) groups excluding carboxylic acids is 2. The van der Waals surface area contributed by atoms with Crippen LogP contribution in [0.25, 0.3) is 0 Å². The fourth-order valence-electron chi connectivity index (χ4n) is 2.57. The molecule has 19 heavy (non-hydrogen) atoms. The largest absolute Gasteiger partial charge is 0.331 e. The number of urea groups is 2. The number of hydrogen-bond acceptors (Lipinski definition) is 4. The highest BCUT2D eigenvalue weighted by atomic mass is 32.1. The molecule has 0 atom stereocenters. The molecule has 7 nitrogen and oxygen atoms in total. The number of nitrogens with zero attached hydrogens (tertiary/aromatic N) is 5. The summed E-state index contributed by atoms with van der Waals surface area (Å²) in [4.78, 5) is 32.0. The van der Waals surface area contributed by atoms with Crippen LogP contribution in [0.4, 0.5) is 9.59 Å². The quantitative estimate of drug-likeness (QED) is 0.595. The van der Waals surface area contributed by atoms with Gasteiger partial charge < -0.3 is 9.80 Å². The van der Waals surface area contributed by atoms with E-state index in [0.717, 1.165) is 4.90 Å². The normalized spacial score (nSPS) is 23.3. The van der Waals surface area contributed by atoms with E-state index in [2.05, 4.69) is 0 Å². The van der Waals surface area contributed by atoms with Gasteiger partial charge >= 0.3 is 12.1 Å². The molecule has 0 aromatic carbocycles. The lowest BCUT2D eigenvalue weighted by molar-refractivity contribution is -0.0292. The highest BCUT2D eigenvalue weighted by molar-refractivity contribution is 7.82. The molecular weight excluding hydrogens is 286 g/mol. The summed E-state index contributed by atoms with van der Waals surface area (Å²) in [5.74, 6) is -1.15. The van der Waals surface area contributed by atoms with Gasteiger partial charge in [-0.1, -0.05) is 12.2 Å². The zero-order chi connectivity index (χ0) is 14.7. The summed E-state index contributed by atoms with van der Waals surface area (Å²) in [6.07, 6.45) is 0. The summed E-state index contributed by atoms with van der Waals surface area (Å²) in [5, 5.41) is 0.467. The molecule has 9 heteroatoms. The van der Waals surface area contributed by atoms with E-state index < -0.39 is 17.8 Å². The van der Waals surface area contributed by atoms with Crippen molar-refractivity contribution >= 4 is 46.6 Å². The minimum Gasteiger partial charge on any atom is -0.311 e. The Balaban J connectivity index is 2.64. The molecule has 0 N–H and O–H groups in total. The molecule has 2 rings (SSSR count). The lowest BCUT2D eigenvalue weighted by Crippen LogP contribution is -2.77. The van der Waals surface area contributed by atoms with Gasteiger partial charge in [0.05, 0.1) is 0 Å². The molecule has 2 aliphatic rings. The van der Waals surface area contributed by atoms with Crippen LogP contribution >= 0.6 is 24.4 Å². The Morgan fingerprint density at radius 2 is 1.21 bits per heavy atom. The number of amides is 4. The SMILES string of the molecule is CN1C(=O)N(C)C2(C(=S)N(C)C(=S)N2C)N(C)C1=O. The lowest BCUT2D eigenvalue weighted by atomic mass is 10.2. The van der Waals surface area contributed by atoms with E-state index in [1.54, 1.807) is 38.0 Å². The van der Waals surface area contributed by atoms with Gasteiger partial charge in [-0.15, -0.1) is 0 Å². The second kappa shape index (κ2) is 4.01. The Hall–Kier alpha value is -1.48. The van der Waals surface area contributed by atoms with Crippen LogP contribution in [-0.4, -0.2) is 87.7 Å². The van der Waals surface area contributed by atoms with Crippen LogP contribution in [0.15, 0.2) is 0 Å². The number of carbonyl (C=O) groups is 2. The van der Waals surface area contributed by atoms with E-state index in [1.165, 1.54) is 16.8 Å². The van der Waals surface area contributed by atoms with Gasteiger partial charge in [-0.3, -0.25) is 9.80 Å². The van der Waals surface area contributed by atoms with Crippen molar-refractivity contribution < 1.29 is 9.59 Å². The third kappa shape index (κ3) is 1.36. The lowest BCUT2D eigenvalue weighted by Gasteiger charge is -2.52. The van der Waals surface area contributed by atoms with Crippen molar-refractivity contribution in [1.29, 1.82) is 0 Å². The molecule has 2 saturated heterocycles. The fourth-order valence-corrected chi connectivity index (χ4v) is 3.35. The van der Waals surface area contributed by atoms with Gasteiger partial charge in [0.1, 0.15) is 0 Å². The van der Waals surface area contributed by atoms with E-state index in [1.807, 2.05) is 0 Å². The van der Waals surface area contributed by atoms with Crippen molar-refractivity contribution in [3.63, 3.8) is 0 Å². The van der Waals surface area contributed by atoms with E-state index in [9.17, 15) is 9.59 Å². The second-order valence-corrected chi connectivity index (χ2v) is 5.34. The summed E-state index contributed by atoms with van der Waals surface area (Å²) in [7, 11) is 8.09. The summed E-state index contributed by atoms with van der Waals surface area (Å²) in [5.41, 5.74) is 0. The van der Waals surface area contributed by atoms with E-state index in [0.29, 0.717) is 10.1 Å². The summed E-state index contributed by atoms with van der Waals surface area (Å²) in [6.45, 7) is 0. The van der Waals surface area contributed by atoms with Crippen LogP contribution in [0, 0.1) is 0 Å². The van der Waals surface area contributed by atoms with Crippen LogP contribution in [0.2, 0.25) is 0 Å². The van der Waals surface area contributed by atoms with Crippen molar-refractivity contribution in [2.45, 2.75) is 5.79 Å². The van der Waals surface area contributed by atoms with Gasteiger partial charge in [0.25, 0.3) is 5.79 Å². The first-order valence-electron chi connectivity index (χ1n) is 5.54. The van der Waals surface area contributed by atoms with Crippen molar-refractivity contribution in [3.05, 3.63) is 0 Å². The second-order valence-electron chi connectivity index (χ2n) is 4.58. The highest BCUT2D eigenvalue weighted by Gasteiger charge is 2.62. The number of thiocarbonyl (C=S) groups is 2.